The Kier molecular flexibility index (Phi) is 5.51. The zero-order chi connectivity index (χ0) is 13.7. The number of carbonyl (C=O) groups is 2. The Morgan fingerprint density at radius 1 is 1.11 bits per heavy atom. The second-order valence-corrected chi connectivity index (χ2v) is 6.54. The van der Waals surface area contributed by atoms with E-state index in [1.54, 1.807) is 0 Å². The van der Waals surface area contributed by atoms with Gasteiger partial charge in [0, 0.05) is 32.6 Å². The fourth-order valence-electron chi connectivity index (χ4n) is 2.67. The third kappa shape index (κ3) is 4.69. The maximum absolute atomic E-state index is 12.2. The lowest BCUT2D eigenvalue weighted by Gasteiger charge is -2.34. The Labute approximate surface area is 118 Å². The summed E-state index contributed by atoms with van der Waals surface area (Å²) >= 11 is 1.98. The van der Waals surface area contributed by atoms with Gasteiger partial charge in [-0.05, 0) is 30.3 Å². The molecule has 2 saturated heterocycles. The van der Waals surface area contributed by atoms with Gasteiger partial charge in [-0.3, -0.25) is 14.5 Å². The zero-order valence-corrected chi connectivity index (χ0v) is 12.0. The first-order valence-corrected chi connectivity index (χ1v) is 8.10. The summed E-state index contributed by atoms with van der Waals surface area (Å²) in [6, 6.07) is 0. The average Bonchev–Trinajstić information content (AvgIpc) is 2.40. The number of aliphatic carboxylic acids is 1. The highest BCUT2D eigenvalue weighted by molar-refractivity contribution is 7.99. The monoisotopic (exact) mass is 286 g/mol. The first-order valence-electron chi connectivity index (χ1n) is 6.95. The van der Waals surface area contributed by atoms with Crippen molar-refractivity contribution in [2.45, 2.75) is 19.3 Å². The van der Waals surface area contributed by atoms with Crippen LogP contribution in [0, 0.1) is 5.92 Å². The van der Waals surface area contributed by atoms with Crippen molar-refractivity contribution < 1.29 is 14.7 Å². The molecule has 6 heteroatoms. The summed E-state index contributed by atoms with van der Waals surface area (Å²) in [5, 5.41) is 8.73. The van der Waals surface area contributed by atoms with E-state index in [4.69, 9.17) is 5.11 Å². The third-order valence-electron chi connectivity index (χ3n) is 3.89. The van der Waals surface area contributed by atoms with Crippen LogP contribution in [0.25, 0.3) is 0 Å². The van der Waals surface area contributed by atoms with Gasteiger partial charge in [0.1, 0.15) is 0 Å². The van der Waals surface area contributed by atoms with Crippen molar-refractivity contribution in [2.24, 2.45) is 5.92 Å². The highest BCUT2D eigenvalue weighted by Crippen LogP contribution is 2.26. The van der Waals surface area contributed by atoms with Gasteiger partial charge in [-0.15, -0.1) is 0 Å². The normalized spacial score (nSPS) is 22.4. The van der Waals surface area contributed by atoms with E-state index < -0.39 is 5.97 Å². The maximum Gasteiger partial charge on any atom is 0.317 e. The SMILES string of the molecule is O=C(O)CN1CCN(C(=O)CC2CCSCC2)CC1. The van der Waals surface area contributed by atoms with Crippen LogP contribution in [0.4, 0.5) is 0 Å². The lowest BCUT2D eigenvalue weighted by molar-refractivity contribution is -0.139. The van der Waals surface area contributed by atoms with Gasteiger partial charge in [-0.1, -0.05) is 0 Å². The molecule has 2 rings (SSSR count). The molecular weight excluding hydrogens is 264 g/mol. The third-order valence-corrected chi connectivity index (χ3v) is 4.94. The summed E-state index contributed by atoms with van der Waals surface area (Å²) in [4.78, 5) is 26.6. The van der Waals surface area contributed by atoms with Crippen molar-refractivity contribution in [3.05, 3.63) is 0 Å². The number of carbonyl (C=O) groups excluding carboxylic acids is 1. The van der Waals surface area contributed by atoms with Crippen molar-refractivity contribution in [1.82, 2.24) is 9.80 Å². The highest BCUT2D eigenvalue weighted by atomic mass is 32.2. The molecule has 0 aromatic rings. The summed E-state index contributed by atoms with van der Waals surface area (Å²) in [6.45, 7) is 2.79. The molecule has 0 aromatic heterocycles. The summed E-state index contributed by atoms with van der Waals surface area (Å²) in [5.41, 5.74) is 0. The largest absolute Gasteiger partial charge is 0.480 e. The molecule has 2 aliphatic rings. The molecule has 0 aromatic carbocycles. The van der Waals surface area contributed by atoms with Crippen LogP contribution >= 0.6 is 11.8 Å². The van der Waals surface area contributed by atoms with Gasteiger partial charge >= 0.3 is 5.97 Å². The number of carboxylic acids is 1. The van der Waals surface area contributed by atoms with Gasteiger partial charge < -0.3 is 10.0 Å². The first kappa shape index (κ1) is 14.7. The highest BCUT2D eigenvalue weighted by Gasteiger charge is 2.25. The molecule has 19 heavy (non-hydrogen) atoms. The van der Waals surface area contributed by atoms with Gasteiger partial charge in [-0.2, -0.15) is 11.8 Å². The zero-order valence-electron chi connectivity index (χ0n) is 11.2. The number of thioether (sulfide) groups is 1. The minimum atomic E-state index is -0.792. The van der Waals surface area contributed by atoms with Gasteiger partial charge in [0.25, 0.3) is 0 Å². The van der Waals surface area contributed by atoms with Crippen molar-refractivity contribution >= 4 is 23.6 Å². The average molecular weight is 286 g/mol. The Bertz CT molecular complexity index is 324. The van der Waals surface area contributed by atoms with E-state index in [9.17, 15) is 9.59 Å². The van der Waals surface area contributed by atoms with Crippen LogP contribution < -0.4 is 0 Å². The molecule has 0 saturated carbocycles. The number of nitrogens with zero attached hydrogens (tertiary/aromatic N) is 2. The second-order valence-electron chi connectivity index (χ2n) is 5.31. The summed E-state index contributed by atoms with van der Waals surface area (Å²) in [6.07, 6.45) is 3.00. The van der Waals surface area contributed by atoms with Gasteiger partial charge in [0.05, 0.1) is 6.54 Å². The molecule has 0 spiro atoms. The van der Waals surface area contributed by atoms with Crippen LogP contribution in [0.3, 0.4) is 0 Å². The Hall–Kier alpha value is -0.750. The number of rotatable bonds is 4. The van der Waals surface area contributed by atoms with Crippen LogP contribution in [0.5, 0.6) is 0 Å². The second kappa shape index (κ2) is 7.14. The van der Waals surface area contributed by atoms with Crippen LogP contribution in [0.1, 0.15) is 19.3 Å². The molecule has 108 valence electrons. The smallest absolute Gasteiger partial charge is 0.317 e. The van der Waals surface area contributed by atoms with Gasteiger partial charge in [-0.25, -0.2) is 0 Å². The lowest BCUT2D eigenvalue weighted by atomic mass is 9.98. The van der Waals surface area contributed by atoms with E-state index in [1.807, 2.05) is 21.6 Å². The Balaban J connectivity index is 1.71. The van der Waals surface area contributed by atoms with E-state index in [2.05, 4.69) is 0 Å². The van der Waals surface area contributed by atoms with E-state index in [0.29, 0.717) is 38.5 Å². The van der Waals surface area contributed by atoms with Crippen molar-refractivity contribution in [3.63, 3.8) is 0 Å². The van der Waals surface area contributed by atoms with Gasteiger partial charge in [0.15, 0.2) is 0 Å². The number of hydrogen-bond acceptors (Lipinski definition) is 4. The lowest BCUT2D eigenvalue weighted by Crippen LogP contribution is -2.50. The van der Waals surface area contributed by atoms with E-state index >= 15 is 0 Å². The van der Waals surface area contributed by atoms with Crippen LogP contribution in [-0.4, -0.2) is 71.0 Å². The number of amides is 1. The molecule has 2 fully saturated rings. The Morgan fingerprint density at radius 2 is 1.74 bits per heavy atom. The topological polar surface area (TPSA) is 60.9 Å². The number of piperazine rings is 1. The molecule has 1 N–H and O–H groups in total. The summed E-state index contributed by atoms with van der Waals surface area (Å²) < 4.78 is 0. The van der Waals surface area contributed by atoms with E-state index in [-0.39, 0.29) is 12.5 Å². The van der Waals surface area contributed by atoms with Crippen LogP contribution in [-0.2, 0) is 9.59 Å². The standard InChI is InChI=1S/C13H22N2O3S/c16-12(9-11-1-7-19-8-2-11)15-5-3-14(4-6-15)10-13(17)18/h11H,1-10H2,(H,17,18). The van der Waals surface area contributed by atoms with E-state index in [0.717, 1.165) is 12.8 Å². The summed E-state index contributed by atoms with van der Waals surface area (Å²) in [7, 11) is 0. The summed E-state index contributed by atoms with van der Waals surface area (Å²) in [5.74, 6) is 2.39. The molecule has 2 heterocycles. The molecule has 0 radical (unpaired) electrons. The van der Waals surface area contributed by atoms with Crippen LogP contribution in [0.15, 0.2) is 0 Å². The fourth-order valence-corrected chi connectivity index (χ4v) is 3.88. The fraction of sp³-hybridized carbons (Fsp3) is 0.846. The molecule has 0 unspecified atom stereocenters. The van der Waals surface area contributed by atoms with Crippen molar-refractivity contribution in [3.8, 4) is 0 Å². The predicted octanol–water partition coefficient (Wildman–Crippen LogP) is 0.748. The first-order chi connectivity index (χ1) is 9.15. The minimum absolute atomic E-state index is 0.0852. The van der Waals surface area contributed by atoms with E-state index in [1.165, 1.54) is 11.5 Å². The molecule has 0 bridgehead atoms. The Morgan fingerprint density at radius 3 is 2.32 bits per heavy atom. The number of carboxylic acid groups (broad SMARTS) is 1. The molecular formula is C13H22N2O3S. The predicted molar refractivity (Wildman–Crippen MR) is 75.3 cm³/mol. The number of hydrogen-bond donors (Lipinski definition) is 1. The molecule has 0 atom stereocenters. The molecule has 2 aliphatic heterocycles. The maximum atomic E-state index is 12.2. The quantitative estimate of drug-likeness (QED) is 0.826. The van der Waals surface area contributed by atoms with Crippen LogP contribution in [0.2, 0.25) is 0 Å². The van der Waals surface area contributed by atoms with Crippen molar-refractivity contribution in [1.29, 1.82) is 0 Å². The molecule has 5 nitrogen and oxygen atoms in total. The van der Waals surface area contributed by atoms with Crippen molar-refractivity contribution in [2.75, 3.05) is 44.2 Å². The molecule has 1 amide bonds. The minimum Gasteiger partial charge on any atom is -0.480 e. The van der Waals surface area contributed by atoms with Gasteiger partial charge in [0.2, 0.25) is 5.91 Å². The molecule has 0 aliphatic carbocycles.